The second-order valence-corrected chi connectivity index (χ2v) is 8.45. The van der Waals surface area contributed by atoms with Crippen molar-refractivity contribution in [2.45, 2.75) is 83.7 Å². The molecule has 3 rings (SSSR count). The van der Waals surface area contributed by atoms with Crippen LogP contribution in [0.5, 0.6) is 0 Å². The Morgan fingerprint density at radius 2 is 1.76 bits per heavy atom. The maximum atomic E-state index is 3.94. The summed E-state index contributed by atoms with van der Waals surface area (Å²) in [6, 6.07) is 1.58. The highest BCUT2D eigenvalue weighted by atomic mass is 15.2. The molecule has 2 atom stereocenters. The van der Waals surface area contributed by atoms with E-state index >= 15 is 0 Å². The number of piperazine rings is 1. The molecule has 0 aromatic rings. The highest BCUT2D eigenvalue weighted by molar-refractivity contribution is 4.92. The standard InChI is InChI=1S/C19H36N2/c1-15(2)11-18-12-20-19(17-9-4-3-5-10-17)14-21(18)13-16-7-6-8-16/h15-20H,3-14H2,1-2H3. The number of hydrogen-bond acceptors (Lipinski definition) is 2. The van der Waals surface area contributed by atoms with Crippen molar-refractivity contribution < 1.29 is 0 Å². The highest BCUT2D eigenvalue weighted by Gasteiger charge is 2.34. The van der Waals surface area contributed by atoms with Crippen molar-refractivity contribution >= 4 is 0 Å². The molecule has 21 heavy (non-hydrogen) atoms. The van der Waals surface area contributed by atoms with Crippen molar-refractivity contribution in [1.82, 2.24) is 10.2 Å². The maximum Gasteiger partial charge on any atom is 0.0224 e. The summed E-state index contributed by atoms with van der Waals surface area (Å²) in [4.78, 5) is 2.89. The van der Waals surface area contributed by atoms with Gasteiger partial charge in [0.05, 0.1) is 0 Å². The molecule has 2 aliphatic carbocycles. The zero-order valence-corrected chi connectivity index (χ0v) is 14.3. The summed E-state index contributed by atoms with van der Waals surface area (Å²) in [7, 11) is 0. The highest BCUT2D eigenvalue weighted by Crippen LogP contribution is 2.32. The average Bonchev–Trinajstić information content (AvgIpc) is 2.44. The van der Waals surface area contributed by atoms with Crippen molar-refractivity contribution in [3.8, 4) is 0 Å². The van der Waals surface area contributed by atoms with Crippen LogP contribution in [0.1, 0.15) is 71.6 Å². The van der Waals surface area contributed by atoms with E-state index in [1.165, 1.54) is 77.4 Å². The SMILES string of the molecule is CC(C)CC1CNC(C2CCCCC2)CN1CC1CCC1. The minimum Gasteiger partial charge on any atom is -0.311 e. The molecule has 1 N–H and O–H groups in total. The van der Waals surface area contributed by atoms with E-state index in [4.69, 9.17) is 0 Å². The fraction of sp³-hybridized carbons (Fsp3) is 1.00. The van der Waals surface area contributed by atoms with Crippen molar-refractivity contribution in [3.05, 3.63) is 0 Å². The molecule has 0 radical (unpaired) electrons. The van der Waals surface area contributed by atoms with Gasteiger partial charge in [-0.3, -0.25) is 4.90 Å². The lowest BCUT2D eigenvalue weighted by atomic mass is 9.81. The van der Waals surface area contributed by atoms with Crippen LogP contribution in [-0.2, 0) is 0 Å². The Kier molecular flexibility index (Phi) is 5.61. The van der Waals surface area contributed by atoms with E-state index in [-0.39, 0.29) is 0 Å². The van der Waals surface area contributed by atoms with Gasteiger partial charge >= 0.3 is 0 Å². The van der Waals surface area contributed by atoms with Crippen LogP contribution in [0.3, 0.4) is 0 Å². The van der Waals surface area contributed by atoms with Gasteiger partial charge in [0.2, 0.25) is 0 Å². The molecule has 0 spiro atoms. The van der Waals surface area contributed by atoms with Gasteiger partial charge in [-0.15, -0.1) is 0 Å². The summed E-state index contributed by atoms with van der Waals surface area (Å²) < 4.78 is 0. The third-order valence-corrected chi connectivity index (χ3v) is 6.24. The third-order valence-electron chi connectivity index (χ3n) is 6.24. The first-order valence-electron chi connectivity index (χ1n) is 9.70. The Morgan fingerprint density at radius 1 is 1.00 bits per heavy atom. The quantitative estimate of drug-likeness (QED) is 0.822. The number of nitrogens with zero attached hydrogens (tertiary/aromatic N) is 1. The Bertz CT molecular complexity index is 305. The molecule has 0 bridgehead atoms. The van der Waals surface area contributed by atoms with E-state index in [0.29, 0.717) is 0 Å². The predicted octanol–water partition coefficient (Wildman–Crippen LogP) is 4.06. The molecule has 2 nitrogen and oxygen atoms in total. The fourth-order valence-electron chi connectivity index (χ4n) is 4.74. The molecule has 2 heteroatoms. The lowest BCUT2D eigenvalue weighted by molar-refractivity contribution is 0.0572. The first kappa shape index (κ1) is 15.8. The minimum atomic E-state index is 0.786. The van der Waals surface area contributed by atoms with Gasteiger partial charge in [-0.1, -0.05) is 39.5 Å². The van der Waals surface area contributed by atoms with E-state index in [1.807, 2.05) is 0 Å². The summed E-state index contributed by atoms with van der Waals surface area (Å²) in [6.45, 7) is 8.73. The zero-order chi connectivity index (χ0) is 14.7. The summed E-state index contributed by atoms with van der Waals surface area (Å²) in [6.07, 6.45) is 13.2. The third kappa shape index (κ3) is 4.22. The Morgan fingerprint density at radius 3 is 2.38 bits per heavy atom. The first-order valence-corrected chi connectivity index (χ1v) is 9.70. The van der Waals surface area contributed by atoms with E-state index in [1.54, 1.807) is 0 Å². The largest absolute Gasteiger partial charge is 0.311 e. The average molecular weight is 293 g/mol. The molecule has 1 aliphatic heterocycles. The molecule has 3 fully saturated rings. The van der Waals surface area contributed by atoms with Crippen LogP contribution < -0.4 is 5.32 Å². The summed E-state index contributed by atoms with van der Waals surface area (Å²) >= 11 is 0. The molecule has 0 aromatic carbocycles. The molecule has 0 amide bonds. The predicted molar refractivity (Wildman–Crippen MR) is 90.5 cm³/mol. The van der Waals surface area contributed by atoms with Gasteiger partial charge < -0.3 is 5.32 Å². The van der Waals surface area contributed by atoms with Gasteiger partial charge in [0.25, 0.3) is 0 Å². The molecular weight excluding hydrogens is 256 g/mol. The van der Waals surface area contributed by atoms with Crippen LogP contribution in [0, 0.1) is 17.8 Å². The van der Waals surface area contributed by atoms with Gasteiger partial charge in [-0.05, 0) is 49.9 Å². The minimum absolute atomic E-state index is 0.786. The number of hydrogen-bond donors (Lipinski definition) is 1. The van der Waals surface area contributed by atoms with Crippen molar-refractivity contribution in [2.75, 3.05) is 19.6 Å². The smallest absolute Gasteiger partial charge is 0.0224 e. The van der Waals surface area contributed by atoms with Crippen molar-refractivity contribution in [3.63, 3.8) is 0 Å². The molecule has 3 aliphatic rings. The normalized spacial score (nSPS) is 33.3. The Labute approximate surface area is 132 Å². The maximum absolute atomic E-state index is 3.94. The van der Waals surface area contributed by atoms with E-state index in [2.05, 4.69) is 24.1 Å². The monoisotopic (exact) mass is 292 g/mol. The fourth-order valence-corrected chi connectivity index (χ4v) is 4.74. The second-order valence-electron chi connectivity index (χ2n) is 8.45. The van der Waals surface area contributed by atoms with Gasteiger partial charge in [0.1, 0.15) is 0 Å². The van der Waals surface area contributed by atoms with Crippen LogP contribution in [-0.4, -0.2) is 36.6 Å². The first-order chi connectivity index (χ1) is 10.2. The molecule has 1 saturated heterocycles. The molecule has 2 unspecified atom stereocenters. The second kappa shape index (κ2) is 7.46. The number of nitrogens with one attached hydrogen (secondary N) is 1. The van der Waals surface area contributed by atoms with Gasteiger partial charge in [-0.25, -0.2) is 0 Å². The van der Waals surface area contributed by atoms with Gasteiger partial charge in [0.15, 0.2) is 0 Å². The Hall–Kier alpha value is -0.0800. The van der Waals surface area contributed by atoms with Gasteiger partial charge in [-0.2, -0.15) is 0 Å². The Balaban J connectivity index is 1.57. The molecule has 2 saturated carbocycles. The molecular formula is C19H36N2. The van der Waals surface area contributed by atoms with Crippen LogP contribution in [0.2, 0.25) is 0 Å². The summed E-state index contributed by atoms with van der Waals surface area (Å²) in [5, 5.41) is 3.94. The zero-order valence-electron chi connectivity index (χ0n) is 14.3. The summed E-state index contributed by atoms with van der Waals surface area (Å²) in [5.41, 5.74) is 0. The van der Waals surface area contributed by atoms with Crippen molar-refractivity contribution in [1.29, 1.82) is 0 Å². The number of rotatable bonds is 5. The van der Waals surface area contributed by atoms with Crippen LogP contribution >= 0.6 is 0 Å². The topological polar surface area (TPSA) is 15.3 Å². The van der Waals surface area contributed by atoms with Crippen LogP contribution in [0.15, 0.2) is 0 Å². The molecule has 0 aromatic heterocycles. The van der Waals surface area contributed by atoms with Crippen LogP contribution in [0.4, 0.5) is 0 Å². The van der Waals surface area contributed by atoms with E-state index < -0.39 is 0 Å². The van der Waals surface area contributed by atoms with E-state index in [0.717, 1.165) is 29.8 Å². The van der Waals surface area contributed by atoms with Gasteiger partial charge in [0, 0.05) is 31.7 Å². The summed E-state index contributed by atoms with van der Waals surface area (Å²) in [5.74, 6) is 2.80. The lowest BCUT2D eigenvalue weighted by Gasteiger charge is -2.46. The van der Waals surface area contributed by atoms with Crippen molar-refractivity contribution in [2.24, 2.45) is 17.8 Å². The molecule has 1 heterocycles. The molecule has 122 valence electrons. The van der Waals surface area contributed by atoms with Crippen LogP contribution in [0.25, 0.3) is 0 Å². The lowest BCUT2D eigenvalue weighted by Crippen LogP contribution is -2.60. The van der Waals surface area contributed by atoms with E-state index in [9.17, 15) is 0 Å².